The summed E-state index contributed by atoms with van der Waals surface area (Å²) in [7, 11) is 1.33. The van der Waals surface area contributed by atoms with Crippen molar-refractivity contribution in [1.82, 2.24) is 5.32 Å². The maximum atomic E-state index is 12.6. The van der Waals surface area contributed by atoms with Crippen molar-refractivity contribution >= 4 is 17.6 Å². The summed E-state index contributed by atoms with van der Waals surface area (Å²) in [5.41, 5.74) is 3.09. The zero-order chi connectivity index (χ0) is 18.9. The van der Waals surface area contributed by atoms with Crippen LogP contribution in [-0.2, 0) is 20.7 Å². The van der Waals surface area contributed by atoms with E-state index in [1.54, 1.807) is 0 Å². The van der Waals surface area contributed by atoms with E-state index in [0.717, 1.165) is 16.8 Å². The number of para-hydroxylation sites is 1. The topological polar surface area (TPSA) is 58.6 Å². The number of carbonyl (C=O) groups is 2. The lowest BCUT2D eigenvalue weighted by molar-refractivity contribution is -0.144. The van der Waals surface area contributed by atoms with Crippen LogP contribution in [0.15, 0.2) is 54.6 Å². The number of esters is 1. The minimum Gasteiger partial charge on any atom is -0.467 e. The Bertz CT molecular complexity index is 731. The van der Waals surface area contributed by atoms with Gasteiger partial charge in [-0.15, -0.1) is 0 Å². The fraction of sp³-hybridized carbons (Fsp3) is 0.333. The smallest absolute Gasteiger partial charge is 0.328 e. The van der Waals surface area contributed by atoms with Crippen molar-refractivity contribution in [2.75, 3.05) is 25.1 Å². The summed E-state index contributed by atoms with van der Waals surface area (Å²) in [5.74, 6) is -0.650. The average molecular weight is 354 g/mol. The average Bonchev–Trinajstić information content (AvgIpc) is 2.66. The third kappa shape index (κ3) is 5.34. The highest BCUT2D eigenvalue weighted by Crippen LogP contribution is 2.18. The van der Waals surface area contributed by atoms with Gasteiger partial charge in [0.25, 0.3) is 0 Å². The van der Waals surface area contributed by atoms with Crippen LogP contribution in [0.3, 0.4) is 0 Å². The van der Waals surface area contributed by atoms with E-state index in [9.17, 15) is 9.59 Å². The summed E-state index contributed by atoms with van der Waals surface area (Å²) < 4.78 is 4.85. The Morgan fingerprint density at radius 1 is 1.08 bits per heavy atom. The first-order valence-electron chi connectivity index (χ1n) is 8.76. The lowest BCUT2D eigenvalue weighted by Gasteiger charge is -2.25. The predicted octanol–water partition coefficient (Wildman–Crippen LogP) is 2.72. The monoisotopic (exact) mass is 354 g/mol. The van der Waals surface area contributed by atoms with E-state index in [-0.39, 0.29) is 12.5 Å². The molecule has 0 saturated carbocycles. The maximum absolute atomic E-state index is 12.6. The number of amides is 1. The number of aryl methyl sites for hydroxylation is 1. The van der Waals surface area contributed by atoms with Gasteiger partial charge in [-0.25, -0.2) is 4.79 Å². The van der Waals surface area contributed by atoms with Crippen molar-refractivity contribution in [3.63, 3.8) is 0 Å². The Morgan fingerprint density at radius 2 is 1.73 bits per heavy atom. The van der Waals surface area contributed by atoms with E-state index in [4.69, 9.17) is 4.74 Å². The van der Waals surface area contributed by atoms with Crippen molar-refractivity contribution in [3.05, 3.63) is 65.7 Å². The number of hydrogen-bond acceptors (Lipinski definition) is 4. The van der Waals surface area contributed by atoms with Crippen LogP contribution in [0.4, 0.5) is 5.69 Å². The van der Waals surface area contributed by atoms with Crippen LogP contribution in [0.2, 0.25) is 0 Å². The quantitative estimate of drug-likeness (QED) is 0.741. The fourth-order valence-electron chi connectivity index (χ4n) is 2.88. The molecule has 5 nitrogen and oxygen atoms in total. The number of methoxy groups -OCH3 is 1. The van der Waals surface area contributed by atoms with Gasteiger partial charge >= 0.3 is 5.97 Å². The highest BCUT2D eigenvalue weighted by molar-refractivity contribution is 5.87. The van der Waals surface area contributed by atoms with Crippen LogP contribution in [0.1, 0.15) is 18.1 Å². The molecule has 0 aliphatic rings. The van der Waals surface area contributed by atoms with Crippen LogP contribution < -0.4 is 10.2 Å². The molecule has 5 heteroatoms. The first-order valence-corrected chi connectivity index (χ1v) is 8.76. The Kier molecular flexibility index (Phi) is 7.21. The standard InChI is InChI=1S/C21H26N2O3/c1-4-23(19-13-9-8-10-16(19)2)15-20(24)22-18(21(25)26-3)14-17-11-6-5-7-12-17/h5-13,18H,4,14-15H2,1-3H3,(H,22,24). The molecule has 2 aromatic rings. The van der Waals surface area contributed by atoms with Gasteiger partial charge in [0.1, 0.15) is 6.04 Å². The molecule has 0 saturated heterocycles. The van der Waals surface area contributed by atoms with Gasteiger partial charge < -0.3 is 15.0 Å². The molecule has 0 spiro atoms. The molecule has 2 aromatic carbocycles. The number of carbonyl (C=O) groups excluding carboxylic acids is 2. The molecular formula is C21H26N2O3. The van der Waals surface area contributed by atoms with E-state index in [1.807, 2.05) is 73.3 Å². The normalized spacial score (nSPS) is 11.5. The summed E-state index contributed by atoms with van der Waals surface area (Å²) in [6, 6.07) is 16.8. The second-order valence-electron chi connectivity index (χ2n) is 6.13. The second-order valence-corrected chi connectivity index (χ2v) is 6.13. The van der Waals surface area contributed by atoms with Gasteiger partial charge in [-0.05, 0) is 31.0 Å². The van der Waals surface area contributed by atoms with Gasteiger partial charge in [0.2, 0.25) is 5.91 Å². The van der Waals surface area contributed by atoms with Crippen LogP contribution in [0.5, 0.6) is 0 Å². The van der Waals surface area contributed by atoms with E-state index in [2.05, 4.69) is 5.32 Å². The largest absolute Gasteiger partial charge is 0.467 e. The minimum atomic E-state index is -0.703. The Hall–Kier alpha value is -2.82. The lowest BCUT2D eigenvalue weighted by atomic mass is 10.1. The Labute approximate surface area is 155 Å². The molecule has 0 aliphatic heterocycles. The molecule has 0 bridgehead atoms. The molecule has 0 aromatic heterocycles. The van der Waals surface area contributed by atoms with Gasteiger partial charge in [0.05, 0.1) is 13.7 Å². The summed E-state index contributed by atoms with van der Waals surface area (Å²) in [4.78, 5) is 26.6. The van der Waals surface area contributed by atoms with Gasteiger partial charge in [0, 0.05) is 18.7 Å². The fourth-order valence-corrected chi connectivity index (χ4v) is 2.88. The first kappa shape index (κ1) is 19.5. The SMILES string of the molecule is CCN(CC(=O)NC(Cc1ccccc1)C(=O)OC)c1ccccc1C. The molecule has 1 atom stereocenters. The zero-order valence-corrected chi connectivity index (χ0v) is 15.6. The maximum Gasteiger partial charge on any atom is 0.328 e. The molecule has 2 rings (SSSR count). The second kappa shape index (κ2) is 9.61. The Morgan fingerprint density at radius 3 is 2.35 bits per heavy atom. The van der Waals surface area contributed by atoms with Crippen LogP contribution in [-0.4, -0.2) is 38.1 Å². The van der Waals surface area contributed by atoms with Crippen LogP contribution >= 0.6 is 0 Å². The number of nitrogens with zero attached hydrogens (tertiary/aromatic N) is 1. The number of anilines is 1. The molecule has 0 radical (unpaired) electrons. The zero-order valence-electron chi connectivity index (χ0n) is 15.6. The van der Waals surface area contributed by atoms with Gasteiger partial charge in [-0.2, -0.15) is 0 Å². The number of nitrogens with one attached hydrogen (secondary N) is 1. The van der Waals surface area contributed by atoms with Crippen molar-refractivity contribution in [2.45, 2.75) is 26.3 Å². The van der Waals surface area contributed by atoms with Gasteiger partial charge in [-0.3, -0.25) is 4.79 Å². The lowest BCUT2D eigenvalue weighted by Crippen LogP contribution is -2.47. The number of hydrogen-bond donors (Lipinski definition) is 1. The number of likely N-dealkylation sites (N-methyl/N-ethyl adjacent to an activating group) is 1. The third-order valence-corrected chi connectivity index (χ3v) is 4.28. The number of benzene rings is 2. The molecule has 138 valence electrons. The third-order valence-electron chi connectivity index (χ3n) is 4.28. The molecular weight excluding hydrogens is 328 g/mol. The van der Waals surface area contributed by atoms with Crippen LogP contribution in [0, 0.1) is 6.92 Å². The number of ether oxygens (including phenoxy) is 1. The van der Waals surface area contributed by atoms with Crippen molar-refractivity contribution in [1.29, 1.82) is 0 Å². The number of rotatable bonds is 8. The summed E-state index contributed by atoms with van der Waals surface area (Å²) in [6.07, 6.45) is 0.399. The molecule has 26 heavy (non-hydrogen) atoms. The van der Waals surface area contributed by atoms with E-state index >= 15 is 0 Å². The summed E-state index contributed by atoms with van der Waals surface area (Å²) >= 11 is 0. The van der Waals surface area contributed by atoms with E-state index in [0.29, 0.717) is 13.0 Å². The first-order chi connectivity index (χ1) is 12.5. The van der Waals surface area contributed by atoms with Gasteiger partial charge in [-0.1, -0.05) is 48.5 Å². The molecule has 1 unspecified atom stereocenters. The van der Waals surface area contributed by atoms with E-state index < -0.39 is 12.0 Å². The highest BCUT2D eigenvalue weighted by Gasteiger charge is 2.23. The molecule has 0 fully saturated rings. The van der Waals surface area contributed by atoms with E-state index in [1.165, 1.54) is 7.11 Å². The molecule has 0 heterocycles. The van der Waals surface area contributed by atoms with Crippen LogP contribution in [0.25, 0.3) is 0 Å². The van der Waals surface area contributed by atoms with Gasteiger partial charge in [0.15, 0.2) is 0 Å². The molecule has 1 amide bonds. The molecule has 0 aliphatic carbocycles. The minimum absolute atomic E-state index is 0.184. The van der Waals surface area contributed by atoms with Crippen molar-refractivity contribution < 1.29 is 14.3 Å². The summed E-state index contributed by atoms with van der Waals surface area (Å²) in [5, 5.41) is 2.82. The predicted molar refractivity (Wildman–Crippen MR) is 103 cm³/mol. The summed E-state index contributed by atoms with van der Waals surface area (Å²) in [6.45, 7) is 4.90. The van der Waals surface area contributed by atoms with Crippen molar-refractivity contribution in [3.8, 4) is 0 Å². The van der Waals surface area contributed by atoms with Crippen molar-refractivity contribution in [2.24, 2.45) is 0 Å². The Balaban J connectivity index is 2.06. The molecule has 1 N–H and O–H groups in total. The highest BCUT2D eigenvalue weighted by atomic mass is 16.5.